The third kappa shape index (κ3) is 6.61. The third-order valence-corrected chi connectivity index (χ3v) is 6.35. The van der Waals surface area contributed by atoms with Gasteiger partial charge in [0.1, 0.15) is 0 Å². The summed E-state index contributed by atoms with van der Waals surface area (Å²) in [6, 6.07) is 22.5. The minimum atomic E-state index is -0.514. The van der Waals surface area contributed by atoms with Gasteiger partial charge in [-0.25, -0.2) is 0 Å². The van der Waals surface area contributed by atoms with Gasteiger partial charge in [-0.3, -0.25) is 25.2 Å². The van der Waals surface area contributed by atoms with Crippen molar-refractivity contribution < 1.29 is 23.9 Å². The number of aryl methyl sites for hydroxylation is 1. The fourth-order valence-electron chi connectivity index (χ4n) is 4.18. The Morgan fingerprint density at radius 1 is 0.974 bits per heavy atom. The number of hydrazine groups is 1. The molecule has 198 valence electrons. The molecule has 38 heavy (non-hydrogen) atoms. The number of nitrogens with one attached hydrogen (secondary N) is 3. The molecule has 1 fully saturated rings. The number of methoxy groups -OCH3 is 1. The number of ether oxygens (including phenoxy) is 2. The Morgan fingerprint density at radius 3 is 2.45 bits per heavy atom. The van der Waals surface area contributed by atoms with Crippen molar-refractivity contribution in [3.8, 4) is 11.5 Å². The molecule has 3 aromatic carbocycles. The van der Waals surface area contributed by atoms with Crippen LogP contribution in [0.15, 0.2) is 72.8 Å². The lowest BCUT2D eigenvalue weighted by atomic mass is 10.1. The lowest BCUT2D eigenvalue weighted by Gasteiger charge is -2.19. The van der Waals surface area contributed by atoms with Crippen LogP contribution in [-0.2, 0) is 27.3 Å². The molecule has 1 atom stereocenters. The average molecular weight is 517 g/mol. The van der Waals surface area contributed by atoms with Gasteiger partial charge in [-0.1, -0.05) is 55.5 Å². The predicted octanol–water partition coefficient (Wildman–Crippen LogP) is 3.45. The molecule has 0 radical (unpaired) electrons. The van der Waals surface area contributed by atoms with E-state index in [9.17, 15) is 14.4 Å². The topological polar surface area (TPSA) is 109 Å². The third-order valence-electron chi connectivity index (χ3n) is 6.35. The molecule has 1 heterocycles. The van der Waals surface area contributed by atoms with Gasteiger partial charge in [0.05, 0.1) is 18.7 Å². The van der Waals surface area contributed by atoms with Crippen LogP contribution in [0.1, 0.15) is 24.5 Å². The largest absolute Gasteiger partial charge is 0.493 e. The zero-order chi connectivity index (χ0) is 26.9. The van der Waals surface area contributed by atoms with Gasteiger partial charge in [0.25, 0.3) is 5.91 Å². The first-order valence-electron chi connectivity index (χ1n) is 12.5. The van der Waals surface area contributed by atoms with Crippen LogP contribution in [0.4, 0.5) is 11.4 Å². The molecule has 3 aromatic rings. The van der Waals surface area contributed by atoms with E-state index in [1.165, 1.54) is 12.7 Å². The summed E-state index contributed by atoms with van der Waals surface area (Å²) in [5.41, 5.74) is 8.90. The number of anilines is 2. The Hall–Kier alpha value is -4.53. The number of para-hydroxylation sites is 1. The van der Waals surface area contributed by atoms with E-state index in [-0.39, 0.29) is 36.5 Å². The van der Waals surface area contributed by atoms with Crippen molar-refractivity contribution in [2.24, 2.45) is 5.92 Å². The number of amides is 3. The molecule has 1 aliphatic heterocycles. The van der Waals surface area contributed by atoms with E-state index in [4.69, 9.17) is 9.47 Å². The van der Waals surface area contributed by atoms with Gasteiger partial charge >= 0.3 is 0 Å². The molecule has 0 saturated carbocycles. The molecule has 9 heteroatoms. The molecular formula is C29H32N4O5. The standard InChI is InChI=1S/C29H32N4O5/c1-3-20-12-14-23(15-13-20)33-18-22(16-27(33)35)29(36)32-31-24-10-7-11-25(37-2)28(24)38-19-26(34)30-17-21-8-5-4-6-9-21/h4-15,22,31H,3,16-19H2,1-2H3,(H,30,34)(H,32,36)/t22-/m1/s1. The number of rotatable bonds is 11. The summed E-state index contributed by atoms with van der Waals surface area (Å²) in [4.78, 5) is 39.5. The summed E-state index contributed by atoms with van der Waals surface area (Å²) < 4.78 is 11.2. The lowest BCUT2D eigenvalue weighted by molar-refractivity contribution is -0.126. The molecular weight excluding hydrogens is 484 g/mol. The maximum atomic E-state index is 12.9. The van der Waals surface area contributed by atoms with E-state index in [2.05, 4.69) is 23.1 Å². The van der Waals surface area contributed by atoms with Gasteiger partial charge < -0.3 is 19.7 Å². The predicted molar refractivity (Wildman–Crippen MR) is 145 cm³/mol. The van der Waals surface area contributed by atoms with Gasteiger partial charge in [0.2, 0.25) is 11.8 Å². The highest BCUT2D eigenvalue weighted by Gasteiger charge is 2.35. The Morgan fingerprint density at radius 2 is 1.74 bits per heavy atom. The summed E-state index contributed by atoms with van der Waals surface area (Å²) in [5.74, 6) is -0.546. The second-order valence-corrected chi connectivity index (χ2v) is 8.93. The monoisotopic (exact) mass is 516 g/mol. The Balaban J connectivity index is 1.34. The normalized spacial score (nSPS) is 14.6. The highest BCUT2D eigenvalue weighted by atomic mass is 16.5. The summed E-state index contributed by atoms with van der Waals surface area (Å²) in [6.07, 6.45) is 1.03. The molecule has 0 bridgehead atoms. The van der Waals surface area contributed by atoms with E-state index in [1.807, 2.05) is 54.6 Å². The van der Waals surface area contributed by atoms with Crippen molar-refractivity contribution in [3.63, 3.8) is 0 Å². The van der Waals surface area contributed by atoms with Crippen LogP contribution in [0.5, 0.6) is 11.5 Å². The molecule has 4 rings (SSSR count). The number of nitrogens with zero attached hydrogens (tertiary/aromatic N) is 1. The Bertz CT molecular complexity index is 1260. The van der Waals surface area contributed by atoms with Crippen molar-refractivity contribution in [3.05, 3.63) is 83.9 Å². The van der Waals surface area contributed by atoms with E-state index in [0.29, 0.717) is 24.5 Å². The number of carbonyl (C=O) groups is 3. The molecule has 0 aromatic heterocycles. The first-order chi connectivity index (χ1) is 18.5. The van der Waals surface area contributed by atoms with Gasteiger partial charge in [-0.05, 0) is 41.8 Å². The van der Waals surface area contributed by atoms with Crippen LogP contribution in [0.3, 0.4) is 0 Å². The number of benzene rings is 3. The van der Waals surface area contributed by atoms with Crippen LogP contribution in [-0.4, -0.2) is 38.0 Å². The minimum absolute atomic E-state index is 0.0960. The molecule has 0 spiro atoms. The quantitative estimate of drug-likeness (QED) is 0.337. The highest BCUT2D eigenvalue weighted by Crippen LogP contribution is 2.35. The average Bonchev–Trinajstić information content (AvgIpc) is 3.35. The van der Waals surface area contributed by atoms with Crippen molar-refractivity contribution in [1.82, 2.24) is 10.7 Å². The van der Waals surface area contributed by atoms with Crippen LogP contribution in [0.2, 0.25) is 0 Å². The first-order valence-corrected chi connectivity index (χ1v) is 12.5. The zero-order valence-corrected chi connectivity index (χ0v) is 21.5. The van der Waals surface area contributed by atoms with E-state index in [0.717, 1.165) is 17.7 Å². The van der Waals surface area contributed by atoms with Gasteiger partial charge in [0.15, 0.2) is 18.1 Å². The van der Waals surface area contributed by atoms with Gasteiger partial charge in [-0.15, -0.1) is 0 Å². The fourth-order valence-corrected chi connectivity index (χ4v) is 4.18. The number of hydrogen-bond acceptors (Lipinski definition) is 6. The SMILES string of the molecule is CCc1ccc(N2C[C@H](C(=O)NNc3cccc(OC)c3OCC(=O)NCc3ccccc3)CC2=O)cc1. The van der Waals surface area contributed by atoms with E-state index >= 15 is 0 Å². The summed E-state index contributed by atoms with van der Waals surface area (Å²) in [7, 11) is 1.49. The molecule has 0 unspecified atom stereocenters. The maximum absolute atomic E-state index is 12.9. The van der Waals surface area contributed by atoms with Crippen molar-refractivity contribution in [2.45, 2.75) is 26.3 Å². The van der Waals surface area contributed by atoms with E-state index in [1.54, 1.807) is 23.1 Å². The molecule has 3 N–H and O–H groups in total. The summed E-state index contributed by atoms with van der Waals surface area (Å²) in [6.45, 7) is 2.51. The number of carbonyl (C=O) groups excluding carboxylic acids is 3. The second kappa shape index (κ2) is 12.6. The Labute approximate surface area is 222 Å². The van der Waals surface area contributed by atoms with Crippen LogP contribution >= 0.6 is 0 Å². The maximum Gasteiger partial charge on any atom is 0.258 e. The lowest BCUT2D eigenvalue weighted by Crippen LogP contribution is -2.36. The second-order valence-electron chi connectivity index (χ2n) is 8.93. The van der Waals surface area contributed by atoms with Crippen LogP contribution in [0, 0.1) is 5.92 Å². The minimum Gasteiger partial charge on any atom is -0.493 e. The molecule has 1 aliphatic rings. The van der Waals surface area contributed by atoms with Crippen LogP contribution < -0.4 is 30.5 Å². The molecule has 9 nitrogen and oxygen atoms in total. The highest BCUT2D eigenvalue weighted by molar-refractivity contribution is 6.00. The summed E-state index contributed by atoms with van der Waals surface area (Å²) >= 11 is 0. The zero-order valence-electron chi connectivity index (χ0n) is 21.5. The van der Waals surface area contributed by atoms with Crippen molar-refractivity contribution in [2.75, 3.05) is 30.6 Å². The van der Waals surface area contributed by atoms with Gasteiger partial charge in [-0.2, -0.15) is 0 Å². The van der Waals surface area contributed by atoms with Gasteiger partial charge in [0, 0.05) is 25.2 Å². The molecule has 3 amide bonds. The molecule has 0 aliphatic carbocycles. The molecule has 1 saturated heterocycles. The van der Waals surface area contributed by atoms with Crippen molar-refractivity contribution in [1.29, 1.82) is 0 Å². The van der Waals surface area contributed by atoms with Crippen LogP contribution in [0.25, 0.3) is 0 Å². The first kappa shape index (κ1) is 26.5. The van der Waals surface area contributed by atoms with E-state index < -0.39 is 5.92 Å². The fraction of sp³-hybridized carbons (Fsp3) is 0.276. The van der Waals surface area contributed by atoms with Crippen molar-refractivity contribution >= 4 is 29.1 Å². The smallest absolute Gasteiger partial charge is 0.258 e. The number of hydrogen-bond donors (Lipinski definition) is 3. The summed E-state index contributed by atoms with van der Waals surface area (Å²) in [5, 5.41) is 2.81. The Kier molecular flexibility index (Phi) is 8.81.